The highest BCUT2D eigenvalue weighted by molar-refractivity contribution is 7.04. The van der Waals surface area contributed by atoms with Gasteiger partial charge in [0.2, 0.25) is 0 Å². The van der Waals surface area contributed by atoms with Crippen LogP contribution in [0.15, 0.2) is 168 Å². The minimum Gasteiger partial charge on any atom is -0.456 e. The van der Waals surface area contributed by atoms with Crippen molar-refractivity contribution in [3.8, 4) is 67.5 Å². The molecule has 0 unspecified atom stereocenters. The molecule has 10 rings (SSSR count). The van der Waals surface area contributed by atoms with Crippen molar-refractivity contribution in [1.82, 2.24) is 15.0 Å². The van der Waals surface area contributed by atoms with E-state index < -0.39 is 8.07 Å². The summed E-state index contributed by atoms with van der Waals surface area (Å²) in [6.45, 7) is 4.94. The highest BCUT2D eigenvalue weighted by Gasteiger charge is 2.40. The first-order valence-corrected chi connectivity index (χ1v) is 20.7. The summed E-state index contributed by atoms with van der Waals surface area (Å²) in [7, 11) is -2.10. The molecule has 5 heteroatoms. The first-order chi connectivity index (χ1) is 25.5. The highest BCUT2D eigenvalue weighted by atomic mass is 28.3. The SMILES string of the molecule is C[Si]1(C)c2ccccc2-c2ccc(-c3nc(-c4ccccc4)nc(-c4cc(-c5ccccc5)c5c(c4)oc4ccccc45)n3)c(-c3ccccc3)c21. The van der Waals surface area contributed by atoms with E-state index in [1.807, 2.05) is 36.4 Å². The number of nitrogens with zero attached hydrogens (tertiary/aromatic N) is 3. The van der Waals surface area contributed by atoms with Gasteiger partial charge in [0.1, 0.15) is 19.2 Å². The van der Waals surface area contributed by atoms with Crippen molar-refractivity contribution in [2.75, 3.05) is 0 Å². The molecule has 52 heavy (non-hydrogen) atoms. The molecule has 9 aromatic rings. The second-order valence-corrected chi connectivity index (χ2v) is 18.3. The number of furan rings is 1. The molecule has 0 atom stereocenters. The summed E-state index contributed by atoms with van der Waals surface area (Å²) in [6.07, 6.45) is 0. The van der Waals surface area contributed by atoms with Gasteiger partial charge in [-0.25, -0.2) is 15.0 Å². The van der Waals surface area contributed by atoms with Gasteiger partial charge in [0.15, 0.2) is 17.5 Å². The molecule has 7 aromatic carbocycles. The van der Waals surface area contributed by atoms with Crippen LogP contribution in [0.1, 0.15) is 0 Å². The maximum Gasteiger partial charge on any atom is 0.164 e. The normalized spacial score (nSPS) is 13.0. The van der Waals surface area contributed by atoms with Crippen molar-refractivity contribution in [1.29, 1.82) is 0 Å². The van der Waals surface area contributed by atoms with Crippen LogP contribution < -0.4 is 10.4 Å². The topological polar surface area (TPSA) is 51.8 Å². The Balaban J connectivity index is 1.27. The summed E-state index contributed by atoms with van der Waals surface area (Å²) in [5, 5.41) is 5.06. The zero-order valence-corrected chi connectivity index (χ0v) is 29.8. The van der Waals surface area contributed by atoms with Gasteiger partial charge in [-0.05, 0) is 68.0 Å². The highest BCUT2D eigenvalue weighted by Crippen LogP contribution is 2.42. The van der Waals surface area contributed by atoms with Gasteiger partial charge in [0.05, 0.1) is 0 Å². The quantitative estimate of drug-likeness (QED) is 0.169. The van der Waals surface area contributed by atoms with Crippen molar-refractivity contribution < 1.29 is 4.42 Å². The largest absolute Gasteiger partial charge is 0.456 e. The van der Waals surface area contributed by atoms with E-state index in [-0.39, 0.29) is 0 Å². The molecule has 0 spiro atoms. The molecule has 4 nitrogen and oxygen atoms in total. The van der Waals surface area contributed by atoms with Crippen LogP contribution in [0, 0.1) is 0 Å². The number of aromatic nitrogens is 3. The van der Waals surface area contributed by atoms with Gasteiger partial charge in [-0.2, -0.15) is 0 Å². The fourth-order valence-electron chi connectivity index (χ4n) is 8.14. The van der Waals surface area contributed by atoms with Gasteiger partial charge in [-0.15, -0.1) is 0 Å². The van der Waals surface area contributed by atoms with Crippen LogP contribution in [0.4, 0.5) is 0 Å². The molecule has 0 amide bonds. The Morgan fingerprint density at radius 1 is 0.423 bits per heavy atom. The van der Waals surface area contributed by atoms with Gasteiger partial charge >= 0.3 is 0 Å². The number of para-hydroxylation sites is 1. The molecule has 1 aliphatic heterocycles. The van der Waals surface area contributed by atoms with E-state index in [0.29, 0.717) is 17.5 Å². The molecule has 0 saturated heterocycles. The Morgan fingerprint density at radius 2 is 1.00 bits per heavy atom. The zero-order chi connectivity index (χ0) is 34.8. The second-order valence-electron chi connectivity index (χ2n) is 14.0. The van der Waals surface area contributed by atoms with Crippen molar-refractivity contribution in [2.45, 2.75) is 13.1 Å². The van der Waals surface area contributed by atoms with Crippen LogP contribution in [0.2, 0.25) is 13.1 Å². The molecule has 0 aliphatic carbocycles. The average Bonchev–Trinajstić information content (AvgIpc) is 3.70. The van der Waals surface area contributed by atoms with Crippen LogP contribution in [0.3, 0.4) is 0 Å². The fourth-order valence-corrected chi connectivity index (χ4v) is 11.6. The maximum atomic E-state index is 6.52. The average molecular weight is 684 g/mol. The Bertz CT molecular complexity index is 2810. The first kappa shape index (κ1) is 30.4. The van der Waals surface area contributed by atoms with E-state index >= 15 is 0 Å². The summed E-state index contributed by atoms with van der Waals surface area (Å²) in [4.78, 5) is 15.8. The predicted octanol–water partition coefficient (Wildman–Crippen LogP) is 10.9. The zero-order valence-electron chi connectivity index (χ0n) is 28.8. The molecule has 0 saturated carbocycles. The summed E-state index contributed by atoms with van der Waals surface area (Å²) >= 11 is 0. The van der Waals surface area contributed by atoms with Gasteiger partial charge in [0.25, 0.3) is 0 Å². The number of fused-ring (bicyclic) bond motifs is 6. The standard InChI is InChI=1S/C47H33N3OSi/c1-52(2)41-25-15-13-22-34(41)35-26-27-37(42(44(35)52)31-18-8-4-9-19-31)47-49-45(32-20-10-5-11-21-32)48-46(50-47)33-28-38(30-16-6-3-7-17-30)43-36-23-12-14-24-39(36)51-40(43)29-33/h3-29H,1-2H3. The van der Waals surface area contributed by atoms with Crippen molar-refractivity contribution >= 4 is 40.4 Å². The molecular weight excluding hydrogens is 651 g/mol. The molecule has 246 valence electrons. The Kier molecular flexibility index (Phi) is 6.91. The summed E-state index contributed by atoms with van der Waals surface area (Å²) in [6, 6.07) is 57.4. The summed E-state index contributed by atoms with van der Waals surface area (Å²) < 4.78 is 6.52. The van der Waals surface area contributed by atoms with E-state index in [2.05, 4.69) is 140 Å². The van der Waals surface area contributed by atoms with Gasteiger partial charge in [0, 0.05) is 27.5 Å². The van der Waals surface area contributed by atoms with Gasteiger partial charge < -0.3 is 4.42 Å². The van der Waals surface area contributed by atoms with Crippen LogP contribution in [-0.2, 0) is 0 Å². The summed E-state index contributed by atoms with van der Waals surface area (Å²) in [5.41, 5.74) is 11.7. The third-order valence-electron chi connectivity index (χ3n) is 10.5. The van der Waals surface area contributed by atoms with E-state index in [1.165, 1.54) is 32.6 Å². The lowest BCUT2D eigenvalue weighted by Crippen LogP contribution is -2.50. The lowest BCUT2D eigenvalue weighted by atomic mass is 9.94. The lowest BCUT2D eigenvalue weighted by Gasteiger charge is -2.24. The van der Waals surface area contributed by atoms with E-state index in [4.69, 9.17) is 19.4 Å². The van der Waals surface area contributed by atoms with E-state index in [1.54, 1.807) is 0 Å². The molecule has 3 heterocycles. The van der Waals surface area contributed by atoms with Gasteiger partial charge in [-0.3, -0.25) is 0 Å². The fraction of sp³-hybridized carbons (Fsp3) is 0.0426. The van der Waals surface area contributed by atoms with E-state index in [9.17, 15) is 0 Å². The Labute approximate surface area is 303 Å². The molecule has 1 aliphatic rings. The number of rotatable bonds is 5. The molecule has 0 radical (unpaired) electrons. The molecule has 0 N–H and O–H groups in total. The Hall–Kier alpha value is -6.43. The predicted molar refractivity (Wildman–Crippen MR) is 216 cm³/mol. The lowest BCUT2D eigenvalue weighted by molar-refractivity contribution is 0.669. The molecular formula is C47H33N3OSi. The third-order valence-corrected chi connectivity index (χ3v) is 14.1. The van der Waals surface area contributed by atoms with Crippen molar-refractivity contribution in [2.24, 2.45) is 0 Å². The van der Waals surface area contributed by atoms with Crippen molar-refractivity contribution in [3.63, 3.8) is 0 Å². The number of benzene rings is 7. The van der Waals surface area contributed by atoms with Gasteiger partial charge in [-0.1, -0.05) is 153 Å². The second kappa shape index (κ2) is 11.8. The minimum atomic E-state index is -2.10. The molecule has 0 bridgehead atoms. The maximum absolute atomic E-state index is 6.52. The number of hydrogen-bond donors (Lipinski definition) is 0. The Morgan fingerprint density at radius 3 is 1.75 bits per heavy atom. The smallest absolute Gasteiger partial charge is 0.164 e. The monoisotopic (exact) mass is 683 g/mol. The minimum absolute atomic E-state index is 0.600. The summed E-state index contributed by atoms with van der Waals surface area (Å²) in [5.74, 6) is 1.88. The number of hydrogen-bond acceptors (Lipinski definition) is 4. The van der Waals surface area contributed by atoms with Crippen LogP contribution in [-0.4, -0.2) is 23.0 Å². The van der Waals surface area contributed by atoms with Crippen LogP contribution in [0.5, 0.6) is 0 Å². The molecule has 0 fully saturated rings. The van der Waals surface area contributed by atoms with E-state index in [0.717, 1.165) is 49.8 Å². The van der Waals surface area contributed by atoms with Crippen molar-refractivity contribution in [3.05, 3.63) is 164 Å². The molecule has 2 aromatic heterocycles. The van der Waals surface area contributed by atoms with Crippen LogP contribution >= 0.6 is 0 Å². The van der Waals surface area contributed by atoms with Crippen LogP contribution in [0.25, 0.3) is 89.5 Å². The third kappa shape index (κ3) is 4.78. The first-order valence-electron chi connectivity index (χ1n) is 17.7.